The molecule has 1 saturated heterocycles. The number of aromatic nitrogens is 2. The number of nitrogens with zero attached hydrogens (tertiary/aromatic N) is 3. The number of aliphatic hydroxyl groups excluding tert-OH is 1. The molecule has 0 amide bonds. The van der Waals surface area contributed by atoms with Crippen LogP contribution in [0.4, 0.5) is 5.95 Å². The molecule has 2 aliphatic heterocycles. The van der Waals surface area contributed by atoms with Gasteiger partial charge in [-0.25, -0.2) is 9.97 Å². The van der Waals surface area contributed by atoms with Crippen molar-refractivity contribution >= 4 is 5.95 Å². The maximum atomic E-state index is 9.84. The van der Waals surface area contributed by atoms with E-state index in [9.17, 15) is 5.11 Å². The van der Waals surface area contributed by atoms with Gasteiger partial charge in [0, 0.05) is 24.2 Å². The number of hydrogen-bond acceptors (Lipinski definition) is 6. The van der Waals surface area contributed by atoms with Crippen LogP contribution in [0.15, 0.2) is 54.6 Å². The molecular formula is C22H21N3O3. The lowest BCUT2D eigenvalue weighted by Crippen LogP contribution is -2.37. The monoisotopic (exact) mass is 375 g/mol. The lowest BCUT2D eigenvalue weighted by atomic mass is 10.1. The number of aliphatic hydroxyl groups is 1. The molecular weight excluding hydrogens is 354 g/mol. The van der Waals surface area contributed by atoms with Gasteiger partial charge in [-0.3, -0.25) is 0 Å². The minimum atomic E-state index is -0.234. The van der Waals surface area contributed by atoms with Gasteiger partial charge in [0.05, 0.1) is 17.5 Å². The molecule has 1 N–H and O–H groups in total. The Morgan fingerprint density at radius 2 is 1.54 bits per heavy atom. The zero-order valence-corrected chi connectivity index (χ0v) is 15.4. The Kier molecular flexibility index (Phi) is 4.33. The third-order valence-corrected chi connectivity index (χ3v) is 5.20. The smallest absolute Gasteiger partial charge is 0.231 e. The van der Waals surface area contributed by atoms with Crippen LogP contribution in [0.3, 0.4) is 0 Å². The largest absolute Gasteiger partial charge is 0.454 e. The summed E-state index contributed by atoms with van der Waals surface area (Å²) in [5.41, 5.74) is 3.73. The van der Waals surface area contributed by atoms with Gasteiger partial charge in [-0.1, -0.05) is 30.3 Å². The van der Waals surface area contributed by atoms with Crippen molar-refractivity contribution in [3.63, 3.8) is 0 Å². The molecule has 3 aromatic rings. The number of hydrogen-bond donors (Lipinski definition) is 1. The van der Waals surface area contributed by atoms with Gasteiger partial charge < -0.3 is 19.5 Å². The summed E-state index contributed by atoms with van der Waals surface area (Å²) < 4.78 is 11.0. The van der Waals surface area contributed by atoms with Crippen LogP contribution in [-0.4, -0.2) is 41.1 Å². The first kappa shape index (κ1) is 17.0. The second-order valence-electron chi connectivity index (χ2n) is 7.09. The first-order valence-electron chi connectivity index (χ1n) is 9.54. The molecule has 0 radical (unpaired) electrons. The maximum Gasteiger partial charge on any atom is 0.231 e. The lowest BCUT2D eigenvalue weighted by Gasteiger charge is -2.30. The van der Waals surface area contributed by atoms with E-state index < -0.39 is 0 Å². The third kappa shape index (κ3) is 3.27. The van der Waals surface area contributed by atoms with E-state index in [0.717, 1.165) is 59.9 Å². The predicted octanol–water partition coefficient (Wildman–Crippen LogP) is 3.50. The Hall–Kier alpha value is -3.12. The third-order valence-electron chi connectivity index (χ3n) is 5.20. The average Bonchev–Trinajstić information content (AvgIpc) is 3.22. The zero-order chi connectivity index (χ0) is 18.9. The quantitative estimate of drug-likeness (QED) is 0.756. The van der Waals surface area contributed by atoms with Crippen LogP contribution in [-0.2, 0) is 0 Å². The SMILES string of the molecule is OC1CCN(c2nc(-c3ccccc3)cc(-c3ccc4c(c3)OCO4)n2)CC1. The summed E-state index contributed by atoms with van der Waals surface area (Å²) in [4.78, 5) is 11.8. The Labute approximate surface area is 163 Å². The van der Waals surface area contributed by atoms with Gasteiger partial charge in [0.1, 0.15) is 0 Å². The Balaban J connectivity index is 1.59. The maximum absolute atomic E-state index is 9.84. The van der Waals surface area contributed by atoms with Crippen molar-refractivity contribution in [2.75, 3.05) is 24.8 Å². The fourth-order valence-corrected chi connectivity index (χ4v) is 3.60. The highest BCUT2D eigenvalue weighted by atomic mass is 16.7. The van der Waals surface area contributed by atoms with Crippen molar-refractivity contribution in [3.8, 4) is 34.0 Å². The molecule has 6 heteroatoms. The van der Waals surface area contributed by atoms with Crippen LogP contribution in [0.2, 0.25) is 0 Å². The summed E-state index contributed by atoms with van der Waals surface area (Å²) in [6.45, 7) is 1.75. The van der Waals surface area contributed by atoms with Crippen molar-refractivity contribution in [1.82, 2.24) is 9.97 Å². The van der Waals surface area contributed by atoms with E-state index in [2.05, 4.69) is 17.0 Å². The first-order chi connectivity index (χ1) is 13.8. The number of benzene rings is 2. The van der Waals surface area contributed by atoms with Gasteiger partial charge in [-0.15, -0.1) is 0 Å². The summed E-state index contributed by atoms with van der Waals surface area (Å²) in [7, 11) is 0. The number of ether oxygens (including phenoxy) is 2. The van der Waals surface area contributed by atoms with Crippen LogP contribution in [0, 0.1) is 0 Å². The van der Waals surface area contributed by atoms with Gasteiger partial charge >= 0.3 is 0 Å². The summed E-state index contributed by atoms with van der Waals surface area (Å²) in [6.07, 6.45) is 1.23. The molecule has 3 heterocycles. The molecule has 0 spiro atoms. The first-order valence-corrected chi connectivity index (χ1v) is 9.54. The van der Waals surface area contributed by atoms with Crippen molar-refractivity contribution in [1.29, 1.82) is 0 Å². The van der Waals surface area contributed by atoms with Crippen molar-refractivity contribution in [2.45, 2.75) is 18.9 Å². The van der Waals surface area contributed by atoms with Crippen LogP contribution in [0.5, 0.6) is 11.5 Å². The molecule has 0 atom stereocenters. The molecule has 0 aliphatic carbocycles. The molecule has 2 aliphatic rings. The zero-order valence-electron chi connectivity index (χ0n) is 15.4. The van der Waals surface area contributed by atoms with Gasteiger partial charge in [-0.05, 0) is 37.1 Å². The molecule has 28 heavy (non-hydrogen) atoms. The van der Waals surface area contributed by atoms with Gasteiger partial charge in [-0.2, -0.15) is 0 Å². The van der Waals surface area contributed by atoms with Crippen LogP contribution >= 0.6 is 0 Å². The van der Waals surface area contributed by atoms with E-state index in [1.165, 1.54) is 0 Å². The molecule has 142 valence electrons. The van der Waals surface area contributed by atoms with Gasteiger partial charge in [0.2, 0.25) is 12.7 Å². The van der Waals surface area contributed by atoms with E-state index in [1.807, 2.05) is 42.5 Å². The summed E-state index contributed by atoms with van der Waals surface area (Å²) in [5, 5.41) is 9.84. The normalized spacial score (nSPS) is 16.4. The summed E-state index contributed by atoms with van der Waals surface area (Å²) in [6, 6.07) is 18.0. The predicted molar refractivity (Wildman–Crippen MR) is 106 cm³/mol. The molecule has 6 nitrogen and oxygen atoms in total. The second-order valence-corrected chi connectivity index (χ2v) is 7.09. The molecule has 1 aromatic heterocycles. The van der Waals surface area contributed by atoms with E-state index in [-0.39, 0.29) is 12.9 Å². The Bertz CT molecular complexity index is 986. The minimum absolute atomic E-state index is 0.234. The second kappa shape index (κ2) is 7.13. The molecule has 0 unspecified atom stereocenters. The summed E-state index contributed by atoms with van der Waals surface area (Å²) >= 11 is 0. The standard InChI is InChI=1S/C22H21N3O3/c26-17-8-10-25(11-9-17)22-23-18(15-4-2-1-3-5-15)13-19(24-22)16-6-7-20-21(12-16)28-14-27-20/h1-7,12-13,17,26H,8-11,14H2. The van der Waals surface area contributed by atoms with Crippen LogP contribution < -0.4 is 14.4 Å². The molecule has 0 saturated carbocycles. The van der Waals surface area contributed by atoms with Crippen molar-refractivity contribution in [2.24, 2.45) is 0 Å². The van der Waals surface area contributed by atoms with E-state index in [1.54, 1.807) is 0 Å². The van der Waals surface area contributed by atoms with Crippen molar-refractivity contribution < 1.29 is 14.6 Å². The lowest BCUT2D eigenvalue weighted by molar-refractivity contribution is 0.145. The fourth-order valence-electron chi connectivity index (χ4n) is 3.60. The summed E-state index contributed by atoms with van der Waals surface area (Å²) in [5.74, 6) is 2.19. The van der Waals surface area contributed by atoms with Crippen molar-refractivity contribution in [3.05, 3.63) is 54.6 Å². The molecule has 2 aromatic carbocycles. The number of rotatable bonds is 3. The van der Waals surface area contributed by atoms with E-state index >= 15 is 0 Å². The van der Waals surface area contributed by atoms with Gasteiger partial charge in [0.15, 0.2) is 11.5 Å². The minimum Gasteiger partial charge on any atom is -0.454 e. The topological polar surface area (TPSA) is 67.7 Å². The highest BCUT2D eigenvalue weighted by Gasteiger charge is 2.21. The van der Waals surface area contributed by atoms with E-state index in [4.69, 9.17) is 19.4 Å². The van der Waals surface area contributed by atoms with Crippen LogP contribution in [0.1, 0.15) is 12.8 Å². The fraction of sp³-hybridized carbons (Fsp3) is 0.273. The van der Waals surface area contributed by atoms with E-state index in [0.29, 0.717) is 5.95 Å². The Morgan fingerprint density at radius 1 is 0.821 bits per heavy atom. The number of anilines is 1. The highest BCUT2D eigenvalue weighted by Crippen LogP contribution is 2.36. The Morgan fingerprint density at radius 3 is 2.32 bits per heavy atom. The number of fused-ring (bicyclic) bond motifs is 1. The molecule has 0 bridgehead atoms. The number of piperidine rings is 1. The highest BCUT2D eigenvalue weighted by molar-refractivity contribution is 5.71. The molecule has 5 rings (SSSR count). The average molecular weight is 375 g/mol. The van der Waals surface area contributed by atoms with Crippen LogP contribution in [0.25, 0.3) is 22.5 Å². The molecule has 1 fully saturated rings. The van der Waals surface area contributed by atoms with Gasteiger partial charge in [0.25, 0.3) is 0 Å².